The summed E-state index contributed by atoms with van der Waals surface area (Å²) < 4.78 is 5.14. The summed E-state index contributed by atoms with van der Waals surface area (Å²) in [5.74, 6) is -0.174. The molecule has 0 atom stereocenters. The van der Waals surface area contributed by atoms with Crippen LogP contribution in [0, 0.1) is 6.92 Å². The maximum atomic E-state index is 11.8. The number of aromatic hydroxyl groups is 1. The van der Waals surface area contributed by atoms with Gasteiger partial charge < -0.3 is 9.84 Å². The van der Waals surface area contributed by atoms with Crippen molar-refractivity contribution in [3.05, 3.63) is 59.7 Å². The fourth-order valence-corrected chi connectivity index (χ4v) is 1.46. The quantitative estimate of drug-likeness (QED) is 0.635. The van der Waals surface area contributed by atoms with Crippen molar-refractivity contribution in [2.75, 3.05) is 0 Å². The van der Waals surface area contributed by atoms with E-state index in [1.165, 1.54) is 6.07 Å². The highest BCUT2D eigenvalue weighted by Gasteiger charge is 2.13. The lowest BCUT2D eigenvalue weighted by molar-refractivity contribution is 0.0731. The first-order valence-electron chi connectivity index (χ1n) is 5.23. The molecule has 3 heteroatoms. The van der Waals surface area contributed by atoms with Crippen molar-refractivity contribution in [1.82, 2.24) is 0 Å². The van der Waals surface area contributed by atoms with Crippen molar-refractivity contribution < 1.29 is 14.6 Å². The molecular formula is C14H12O3. The second-order valence-electron chi connectivity index (χ2n) is 3.72. The second-order valence-corrected chi connectivity index (χ2v) is 3.72. The number of phenolic OH excluding ortho intramolecular Hbond substituents is 1. The van der Waals surface area contributed by atoms with Crippen molar-refractivity contribution in [3.8, 4) is 11.5 Å². The summed E-state index contributed by atoms with van der Waals surface area (Å²) in [5, 5.41) is 9.58. The number of benzene rings is 2. The Morgan fingerprint density at radius 1 is 1.12 bits per heavy atom. The molecule has 0 saturated heterocycles. The van der Waals surface area contributed by atoms with E-state index in [2.05, 4.69) is 0 Å². The number of para-hydroxylation sites is 1. The Morgan fingerprint density at radius 3 is 2.53 bits per heavy atom. The van der Waals surface area contributed by atoms with Crippen molar-refractivity contribution in [2.45, 2.75) is 6.92 Å². The molecule has 1 N–H and O–H groups in total. The van der Waals surface area contributed by atoms with E-state index in [-0.39, 0.29) is 11.3 Å². The van der Waals surface area contributed by atoms with Gasteiger partial charge in [0, 0.05) is 0 Å². The van der Waals surface area contributed by atoms with Crippen molar-refractivity contribution in [1.29, 1.82) is 0 Å². The summed E-state index contributed by atoms with van der Waals surface area (Å²) in [6, 6.07) is 13.6. The molecule has 0 saturated carbocycles. The van der Waals surface area contributed by atoms with Crippen LogP contribution in [0.2, 0.25) is 0 Å². The van der Waals surface area contributed by atoms with Gasteiger partial charge in [-0.15, -0.1) is 0 Å². The topological polar surface area (TPSA) is 46.5 Å². The SMILES string of the molecule is Cc1ccc(O)c(C(=O)Oc2ccccc2)c1. The number of esters is 1. The van der Waals surface area contributed by atoms with E-state index in [9.17, 15) is 9.90 Å². The lowest BCUT2D eigenvalue weighted by Gasteiger charge is -2.06. The van der Waals surface area contributed by atoms with E-state index in [0.717, 1.165) is 5.56 Å². The van der Waals surface area contributed by atoms with Crippen LogP contribution < -0.4 is 4.74 Å². The summed E-state index contributed by atoms with van der Waals surface area (Å²) in [7, 11) is 0. The Kier molecular flexibility index (Phi) is 3.10. The Morgan fingerprint density at radius 2 is 1.82 bits per heavy atom. The lowest BCUT2D eigenvalue weighted by Crippen LogP contribution is -2.08. The Labute approximate surface area is 99.3 Å². The summed E-state index contributed by atoms with van der Waals surface area (Å²) in [4.78, 5) is 11.8. The largest absolute Gasteiger partial charge is 0.507 e. The molecule has 0 bridgehead atoms. The van der Waals surface area contributed by atoms with Gasteiger partial charge in [-0.25, -0.2) is 4.79 Å². The van der Waals surface area contributed by atoms with Crippen LogP contribution in [0.4, 0.5) is 0 Å². The molecule has 0 aromatic heterocycles. The molecule has 0 unspecified atom stereocenters. The number of aryl methyl sites for hydroxylation is 1. The average Bonchev–Trinajstić information content (AvgIpc) is 2.33. The van der Waals surface area contributed by atoms with Gasteiger partial charge in [0.2, 0.25) is 0 Å². The predicted octanol–water partition coefficient (Wildman–Crippen LogP) is 2.92. The predicted molar refractivity (Wildman–Crippen MR) is 64.2 cm³/mol. The number of hydrogen-bond donors (Lipinski definition) is 1. The highest BCUT2D eigenvalue weighted by molar-refractivity contribution is 5.94. The normalized spacial score (nSPS) is 9.94. The minimum Gasteiger partial charge on any atom is -0.507 e. The van der Waals surface area contributed by atoms with Crippen LogP contribution in [-0.2, 0) is 0 Å². The molecule has 0 aliphatic rings. The van der Waals surface area contributed by atoms with E-state index >= 15 is 0 Å². The van der Waals surface area contributed by atoms with Crippen LogP contribution in [0.1, 0.15) is 15.9 Å². The van der Waals surface area contributed by atoms with Gasteiger partial charge in [0.05, 0.1) is 0 Å². The van der Waals surface area contributed by atoms with E-state index in [4.69, 9.17) is 4.74 Å². The fourth-order valence-electron chi connectivity index (χ4n) is 1.46. The summed E-state index contributed by atoms with van der Waals surface area (Å²) in [5.41, 5.74) is 1.07. The molecule has 0 fully saturated rings. The molecule has 2 aromatic carbocycles. The van der Waals surface area contributed by atoms with E-state index in [1.54, 1.807) is 36.4 Å². The molecule has 0 heterocycles. The third-order valence-corrected chi connectivity index (χ3v) is 2.33. The Bertz CT molecular complexity index is 532. The number of hydrogen-bond acceptors (Lipinski definition) is 3. The van der Waals surface area contributed by atoms with Crippen LogP contribution in [-0.4, -0.2) is 11.1 Å². The molecule has 0 aliphatic heterocycles. The van der Waals surface area contributed by atoms with Crippen molar-refractivity contribution >= 4 is 5.97 Å². The first-order chi connectivity index (χ1) is 8.16. The van der Waals surface area contributed by atoms with Gasteiger partial charge in [-0.05, 0) is 31.2 Å². The highest BCUT2D eigenvalue weighted by Crippen LogP contribution is 2.20. The summed E-state index contributed by atoms with van der Waals surface area (Å²) in [6.07, 6.45) is 0. The van der Waals surface area contributed by atoms with Gasteiger partial charge >= 0.3 is 5.97 Å². The molecule has 3 nitrogen and oxygen atoms in total. The van der Waals surface area contributed by atoms with Gasteiger partial charge in [-0.3, -0.25) is 0 Å². The molecule has 86 valence electrons. The smallest absolute Gasteiger partial charge is 0.347 e. The zero-order valence-electron chi connectivity index (χ0n) is 9.38. The molecule has 2 rings (SSSR count). The van der Waals surface area contributed by atoms with Gasteiger partial charge in [0.15, 0.2) is 0 Å². The first kappa shape index (κ1) is 11.2. The molecule has 0 amide bonds. The number of rotatable bonds is 2. The number of ether oxygens (including phenoxy) is 1. The summed E-state index contributed by atoms with van der Waals surface area (Å²) in [6.45, 7) is 1.85. The monoisotopic (exact) mass is 228 g/mol. The van der Waals surface area contributed by atoms with E-state index < -0.39 is 5.97 Å². The van der Waals surface area contributed by atoms with Crippen LogP contribution in [0.25, 0.3) is 0 Å². The number of phenols is 1. The molecule has 17 heavy (non-hydrogen) atoms. The Balaban J connectivity index is 2.23. The van der Waals surface area contributed by atoms with Crippen molar-refractivity contribution in [2.24, 2.45) is 0 Å². The highest BCUT2D eigenvalue weighted by atomic mass is 16.5. The van der Waals surface area contributed by atoms with Crippen LogP contribution in [0.5, 0.6) is 11.5 Å². The second kappa shape index (κ2) is 4.70. The standard InChI is InChI=1S/C14H12O3/c1-10-7-8-13(15)12(9-10)14(16)17-11-5-3-2-4-6-11/h2-9,15H,1H3. The lowest BCUT2D eigenvalue weighted by atomic mass is 10.1. The molecular weight excluding hydrogens is 216 g/mol. The maximum absolute atomic E-state index is 11.8. The molecule has 0 aliphatic carbocycles. The molecule has 0 radical (unpaired) electrons. The number of carbonyl (C=O) groups excluding carboxylic acids is 1. The van der Waals surface area contributed by atoms with Crippen LogP contribution in [0.15, 0.2) is 48.5 Å². The zero-order valence-corrected chi connectivity index (χ0v) is 9.38. The minimum absolute atomic E-state index is 0.0727. The molecule has 0 spiro atoms. The fraction of sp³-hybridized carbons (Fsp3) is 0.0714. The van der Waals surface area contributed by atoms with Gasteiger partial charge in [-0.1, -0.05) is 29.8 Å². The van der Waals surface area contributed by atoms with E-state index in [1.807, 2.05) is 13.0 Å². The van der Waals surface area contributed by atoms with Crippen LogP contribution in [0.3, 0.4) is 0 Å². The maximum Gasteiger partial charge on any atom is 0.347 e. The van der Waals surface area contributed by atoms with Crippen LogP contribution >= 0.6 is 0 Å². The minimum atomic E-state index is -0.558. The Hall–Kier alpha value is -2.29. The van der Waals surface area contributed by atoms with Gasteiger partial charge in [0.1, 0.15) is 17.1 Å². The average molecular weight is 228 g/mol. The first-order valence-corrected chi connectivity index (χ1v) is 5.23. The van der Waals surface area contributed by atoms with Gasteiger partial charge in [0.25, 0.3) is 0 Å². The number of carbonyl (C=O) groups is 1. The van der Waals surface area contributed by atoms with E-state index in [0.29, 0.717) is 5.75 Å². The zero-order chi connectivity index (χ0) is 12.3. The van der Waals surface area contributed by atoms with Crippen molar-refractivity contribution in [3.63, 3.8) is 0 Å². The summed E-state index contributed by atoms with van der Waals surface area (Å²) >= 11 is 0. The molecule has 2 aromatic rings. The third-order valence-electron chi connectivity index (χ3n) is 2.33. The van der Waals surface area contributed by atoms with Gasteiger partial charge in [-0.2, -0.15) is 0 Å². The third kappa shape index (κ3) is 2.64.